The molecule has 0 radical (unpaired) electrons. The van der Waals surface area contributed by atoms with Crippen molar-refractivity contribution < 1.29 is 38.3 Å². The lowest BCUT2D eigenvalue weighted by Gasteiger charge is -2.32. The molecule has 6 amide bonds. The van der Waals surface area contributed by atoms with Gasteiger partial charge < -0.3 is 46.4 Å². The Morgan fingerprint density at radius 3 is 2.14 bits per heavy atom. The quantitative estimate of drug-likeness (QED) is 0.0494. The SMILES string of the molecule is COC(=O)CNC(=O)CNC(=O)Cn1nc(C2CCN(C(=O)CCC(=O)NCCCC(=O)N3CCC(c4ccc(Nc5nc(N6CCCCC6)cnc5C(N)=O)cc4)CC3)CC2)c2c(-c3cc4c(cnn4C)cc3Cl)cccc21. The molecule has 3 aromatic heterocycles. The Labute approximate surface area is 462 Å². The molecule has 416 valence electrons. The molecule has 0 saturated carbocycles. The standard InChI is InChI=1S/C56H67ClN14O8/c1-67-44-29-41(42(57)28-38(44)30-63-67)40-8-6-9-43-52(40)53(66-71(43)34-48(74)60-32-47(73)61-33-51(77)79-2)37-19-26-70(27-20-37)50(76)16-15-46(72)59-21-7-10-49(75)69-24-17-36(18-25-69)35-11-13-39(14-12-35)64-56-54(55(58)78)62-31-45(65-56)68-22-4-3-5-23-68/h6,8-9,11-14,28-31,36-37H,3-5,7,10,15-27,32-34H2,1-2H3,(H2,58,78)(H,59,72)(H,60,74)(H,61,73)(H,64,65). The number of nitrogens with zero attached hydrogens (tertiary/aromatic N) is 9. The molecule has 6 heterocycles. The highest BCUT2D eigenvalue weighted by molar-refractivity contribution is 6.34. The number of piperidine rings is 3. The maximum absolute atomic E-state index is 13.5. The number of benzene rings is 3. The molecule has 3 aliphatic heterocycles. The molecule has 0 spiro atoms. The van der Waals surface area contributed by atoms with Crippen LogP contribution < -0.4 is 31.9 Å². The summed E-state index contributed by atoms with van der Waals surface area (Å²) in [5.41, 5.74) is 11.6. The van der Waals surface area contributed by atoms with Gasteiger partial charge in [-0.2, -0.15) is 10.2 Å². The van der Waals surface area contributed by atoms with E-state index in [1.807, 2.05) is 54.4 Å². The molecule has 0 unspecified atom stereocenters. The predicted molar refractivity (Wildman–Crippen MR) is 297 cm³/mol. The third-order valence-corrected chi connectivity index (χ3v) is 15.5. The zero-order valence-electron chi connectivity index (χ0n) is 44.6. The largest absolute Gasteiger partial charge is 0.468 e. The van der Waals surface area contributed by atoms with Gasteiger partial charge in [-0.1, -0.05) is 35.9 Å². The Bertz CT molecular complexity index is 3230. The number of hydrogen-bond donors (Lipinski definition) is 5. The van der Waals surface area contributed by atoms with Gasteiger partial charge in [0.1, 0.15) is 18.9 Å². The van der Waals surface area contributed by atoms with Crippen LogP contribution in [0.1, 0.15) is 104 Å². The number of aryl methyl sites for hydroxylation is 1. The maximum atomic E-state index is 13.5. The van der Waals surface area contributed by atoms with Crippen molar-refractivity contribution in [1.82, 2.24) is 55.3 Å². The third-order valence-electron chi connectivity index (χ3n) is 15.2. The second-order valence-corrected chi connectivity index (χ2v) is 20.8. The van der Waals surface area contributed by atoms with Gasteiger partial charge in [0.15, 0.2) is 11.5 Å². The number of amides is 6. The van der Waals surface area contributed by atoms with Gasteiger partial charge in [-0.15, -0.1) is 0 Å². The molecule has 3 aliphatic rings. The predicted octanol–water partition coefficient (Wildman–Crippen LogP) is 5.06. The molecule has 0 aliphatic carbocycles. The van der Waals surface area contributed by atoms with Gasteiger partial charge in [0.2, 0.25) is 29.5 Å². The van der Waals surface area contributed by atoms with Crippen molar-refractivity contribution in [1.29, 1.82) is 0 Å². The number of nitrogens with one attached hydrogen (secondary N) is 4. The Morgan fingerprint density at radius 2 is 1.43 bits per heavy atom. The number of anilines is 3. The van der Waals surface area contributed by atoms with Crippen LogP contribution in [0.2, 0.25) is 5.02 Å². The van der Waals surface area contributed by atoms with Crippen molar-refractivity contribution in [3.8, 4) is 11.1 Å². The summed E-state index contributed by atoms with van der Waals surface area (Å²) in [6.07, 6.45) is 10.4. The van der Waals surface area contributed by atoms with Crippen LogP contribution in [0.15, 0.2) is 67.0 Å². The van der Waals surface area contributed by atoms with Gasteiger partial charge in [-0.25, -0.2) is 9.97 Å². The number of rotatable bonds is 20. The number of carbonyl (C=O) groups is 7. The highest BCUT2D eigenvalue weighted by atomic mass is 35.5. The van der Waals surface area contributed by atoms with Crippen molar-refractivity contribution in [3.63, 3.8) is 0 Å². The van der Waals surface area contributed by atoms with E-state index >= 15 is 0 Å². The van der Waals surface area contributed by atoms with E-state index in [2.05, 4.69) is 53.1 Å². The fraction of sp³-hybridized carbons (Fsp3) is 0.446. The fourth-order valence-corrected chi connectivity index (χ4v) is 11.1. The number of methoxy groups -OCH3 is 1. The van der Waals surface area contributed by atoms with Crippen molar-refractivity contribution in [2.24, 2.45) is 12.8 Å². The Morgan fingerprint density at radius 1 is 0.734 bits per heavy atom. The molecule has 6 N–H and O–H groups in total. The van der Waals surface area contributed by atoms with Crippen molar-refractivity contribution in [3.05, 3.63) is 89.0 Å². The van der Waals surface area contributed by atoms with Crippen LogP contribution in [0, 0.1) is 0 Å². The molecule has 6 aromatic rings. The summed E-state index contributed by atoms with van der Waals surface area (Å²) in [6.45, 7) is 3.41. The van der Waals surface area contributed by atoms with Crippen LogP contribution in [-0.2, 0) is 47.1 Å². The first kappa shape index (κ1) is 55.6. The molecular formula is C56H67ClN14O8. The first-order chi connectivity index (χ1) is 38.2. The smallest absolute Gasteiger partial charge is 0.325 e. The second kappa shape index (κ2) is 25.6. The molecule has 3 fully saturated rings. The summed E-state index contributed by atoms with van der Waals surface area (Å²) in [5, 5.41) is 22.8. The normalized spacial score (nSPS) is 15.3. The van der Waals surface area contributed by atoms with Gasteiger partial charge in [0, 0.05) is 105 Å². The number of primary amides is 1. The molecule has 22 nitrogen and oxygen atoms in total. The third kappa shape index (κ3) is 13.6. The van der Waals surface area contributed by atoms with E-state index in [-0.39, 0.29) is 67.7 Å². The van der Waals surface area contributed by atoms with Crippen LogP contribution in [0.4, 0.5) is 17.3 Å². The second-order valence-electron chi connectivity index (χ2n) is 20.4. The minimum absolute atomic E-state index is 0.0286. The lowest BCUT2D eigenvalue weighted by atomic mass is 9.89. The van der Waals surface area contributed by atoms with Crippen LogP contribution in [0.3, 0.4) is 0 Å². The highest BCUT2D eigenvalue weighted by Crippen LogP contribution is 2.41. The summed E-state index contributed by atoms with van der Waals surface area (Å²) in [5.74, 6) is -1.35. The molecule has 3 aromatic carbocycles. The van der Waals surface area contributed by atoms with E-state index in [0.717, 1.165) is 77.6 Å². The lowest BCUT2D eigenvalue weighted by Crippen LogP contribution is -2.40. The highest BCUT2D eigenvalue weighted by Gasteiger charge is 2.30. The number of nitrogens with two attached hydrogens (primary N) is 1. The van der Waals surface area contributed by atoms with Crippen molar-refractivity contribution in [2.45, 2.75) is 89.0 Å². The van der Waals surface area contributed by atoms with Gasteiger partial charge in [-0.3, -0.25) is 42.9 Å². The molecule has 9 rings (SSSR count). The van der Waals surface area contributed by atoms with Crippen LogP contribution in [0.25, 0.3) is 32.9 Å². The fourth-order valence-electron chi connectivity index (χ4n) is 10.8. The van der Waals surface area contributed by atoms with Crippen LogP contribution in [-0.4, -0.2) is 147 Å². The maximum Gasteiger partial charge on any atom is 0.325 e. The molecule has 0 atom stereocenters. The topological polar surface area (TPSA) is 274 Å². The lowest BCUT2D eigenvalue weighted by molar-refractivity contribution is -0.141. The van der Waals surface area contributed by atoms with Crippen molar-refractivity contribution >= 4 is 92.1 Å². The monoisotopic (exact) mass is 1100 g/mol. The Hall–Kier alpha value is -8.14. The Balaban J connectivity index is 0.723. The Kier molecular flexibility index (Phi) is 18.0. The number of hydrogen-bond acceptors (Lipinski definition) is 14. The average Bonchev–Trinajstić information content (AvgIpc) is 4.28. The molecular weight excluding hydrogens is 1030 g/mol. The van der Waals surface area contributed by atoms with Gasteiger partial charge in [0.25, 0.3) is 5.91 Å². The number of likely N-dealkylation sites (tertiary alicyclic amines) is 2. The van der Waals surface area contributed by atoms with E-state index in [4.69, 9.17) is 27.4 Å². The summed E-state index contributed by atoms with van der Waals surface area (Å²) < 4.78 is 7.94. The number of aromatic nitrogens is 6. The first-order valence-corrected chi connectivity index (χ1v) is 27.4. The van der Waals surface area contributed by atoms with E-state index in [1.165, 1.54) is 19.1 Å². The van der Waals surface area contributed by atoms with Crippen LogP contribution in [0.5, 0.6) is 0 Å². The van der Waals surface area contributed by atoms with Crippen molar-refractivity contribution in [2.75, 3.05) is 76.2 Å². The molecule has 3 saturated heterocycles. The number of halogens is 1. The number of fused-ring (bicyclic) bond motifs is 2. The average molecular weight is 1100 g/mol. The van der Waals surface area contributed by atoms with Gasteiger partial charge >= 0.3 is 5.97 Å². The summed E-state index contributed by atoms with van der Waals surface area (Å²) in [6, 6.07) is 17.6. The molecule has 23 heteroatoms. The summed E-state index contributed by atoms with van der Waals surface area (Å²) in [4.78, 5) is 104. The van der Waals surface area contributed by atoms with Crippen LogP contribution >= 0.6 is 11.6 Å². The van der Waals surface area contributed by atoms with E-state index in [9.17, 15) is 33.6 Å². The minimum Gasteiger partial charge on any atom is -0.468 e. The molecule has 79 heavy (non-hydrogen) atoms. The van der Waals surface area contributed by atoms with E-state index < -0.39 is 23.7 Å². The van der Waals surface area contributed by atoms with E-state index in [1.54, 1.807) is 26.7 Å². The first-order valence-electron chi connectivity index (χ1n) is 27.0. The molecule has 0 bridgehead atoms. The van der Waals surface area contributed by atoms with E-state index in [0.29, 0.717) is 80.6 Å². The number of ether oxygens (including phenoxy) is 1. The zero-order chi connectivity index (χ0) is 55.6. The number of esters is 1. The number of carbonyl (C=O) groups excluding carboxylic acids is 7. The van der Waals surface area contributed by atoms with Gasteiger partial charge in [-0.05, 0) is 98.7 Å². The summed E-state index contributed by atoms with van der Waals surface area (Å²) >= 11 is 6.95. The summed E-state index contributed by atoms with van der Waals surface area (Å²) in [7, 11) is 3.07. The minimum atomic E-state index is -0.651. The zero-order valence-corrected chi connectivity index (χ0v) is 45.4. The van der Waals surface area contributed by atoms with Gasteiger partial charge in [0.05, 0.1) is 42.8 Å².